The van der Waals surface area contributed by atoms with Crippen LogP contribution in [0.1, 0.15) is 39.5 Å². The first-order valence-corrected chi connectivity index (χ1v) is 5.35. The van der Waals surface area contributed by atoms with Crippen LogP contribution in [0.15, 0.2) is 0 Å². The molecule has 0 rings (SSSR count). The number of nitrogens with one attached hydrogen (secondary N) is 1. The highest BCUT2D eigenvalue weighted by molar-refractivity contribution is 4.84. The van der Waals surface area contributed by atoms with Gasteiger partial charge in [0.1, 0.15) is 0 Å². The molecule has 0 aliphatic heterocycles. The lowest BCUT2D eigenvalue weighted by atomic mass is 9.94. The standard InChI is InChI=1S/C10H21F3N2/c1-3-4-5-6-9(2,7-14)15-8-10(11,12)13/h15H,3-8,14H2,1-2H3. The first kappa shape index (κ1) is 14.7. The Morgan fingerprint density at radius 3 is 2.20 bits per heavy atom. The van der Waals surface area contributed by atoms with Gasteiger partial charge in [-0.05, 0) is 13.3 Å². The molecule has 0 aromatic heterocycles. The van der Waals surface area contributed by atoms with Gasteiger partial charge in [0.25, 0.3) is 0 Å². The van der Waals surface area contributed by atoms with Gasteiger partial charge in [-0.15, -0.1) is 0 Å². The first-order chi connectivity index (χ1) is 6.83. The second kappa shape index (κ2) is 6.33. The van der Waals surface area contributed by atoms with Gasteiger partial charge in [-0.25, -0.2) is 0 Å². The van der Waals surface area contributed by atoms with Gasteiger partial charge >= 0.3 is 6.18 Å². The Labute approximate surface area is 89.4 Å². The minimum absolute atomic E-state index is 0.229. The molecule has 0 spiro atoms. The molecule has 0 aromatic rings. The van der Waals surface area contributed by atoms with Gasteiger partial charge in [0.2, 0.25) is 0 Å². The third-order valence-corrected chi connectivity index (χ3v) is 2.50. The zero-order valence-corrected chi connectivity index (χ0v) is 9.45. The van der Waals surface area contributed by atoms with E-state index in [4.69, 9.17) is 5.73 Å². The van der Waals surface area contributed by atoms with E-state index in [-0.39, 0.29) is 6.54 Å². The fraction of sp³-hybridized carbons (Fsp3) is 1.00. The number of hydrogen-bond acceptors (Lipinski definition) is 2. The highest BCUT2D eigenvalue weighted by atomic mass is 19.4. The number of alkyl halides is 3. The molecule has 5 heteroatoms. The molecule has 0 saturated carbocycles. The summed E-state index contributed by atoms with van der Waals surface area (Å²) < 4.78 is 36.0. The van der Waals surface area contributed by atoms with Gasteiger partial charge in [0, 0.05) is 12.1 Å². The van der Waals surface area contributed by atoms with Gasteiger partial charge < -0.3 is 11.1 Å². The quantitative estimate of drug-likeness (QED) is 0.654. The fourth-order valence-electron chi connectivity index (χ4n) is 1.34. The maximum absolute atomic E-state index is 12.0. The molecule has 3 N–H and O–H groups in total. The van der Waals surface area contributed by atoms with Crippen molar-refractivity contribution in [3.63, 3.8) is 0 Å². The predicted molar refractivity (Wildman–Crippen MR) is 55.7 cm³/mol. The van der Waals surface area contributed by atoms with Crippen LogP contribution in [-0.2, 0) is 0 Å². The Bertz CT molecular complexity index is 171. The van der Waals surface area contributed by atoms with Crippen LogP contribution < -0.4 is 11.1 Å². The van der Waals surface area contributed by atoms with Crippen molar-refractivity contribution < 1.29 is 13.2 Å². The Hall–Kier alpha value is -0.290. The Balaban J connectivity index is 3.96. The van der Waals surface area contributed by atoms with Crippen molar-refractivity contribution in [3.8, 4) is 0 Å². The number of hydrogen-bond donors (Lipinski definition) is 2. The summed E-state index contributed by atoms with van der Waals surface area (Å²) in [6.45, 7) is 3.07. The smallest absolute Gasteiger partial charge is 0.329 e. The molecule has 0 aliphatic carbocycles. The molecule has 0 aromatic carbocycles. The lowest BCUT2D eigenvalue weighted by molar-refractivity contribution is -0.128. The molecule has 0 bridgehead atoms. The number of unbranched alkanes of at least 4 members (excludes halogenated alkanes) is 2. The minimum Gasteiger partial charge on any atom is -0.329 e. The molecule has 0 radical (unpaired) electrons. The maximum Gasteiger partial charge on any atom is 0.401 e. The summed E-state index contributed by atoms with van der Waals surface area (Å²) in [5.74, 6) is 0. The number of halogens is 3. The molecular weight excluding hydrogens is 205 g/mol. The van der Waals surface area contributed by atoms with Crippen LogP contribution in [0.3, 0.4) is 0 Å². The van der Waals surface area contributed by atoms with E-state index in [2.05, 4.69) is 12.2 Å². The molecule has 0 amide bonds. The van der Waals surface area contributed by atoms with Gasteiger partial charge in [-0.2, -0.15) is 13.2 Å². The minimum atomic E-state index is -4.17. The summed E-state index contributed by atoms with van der Waals surface area (Å²) in [4.78, 5) is 0. The van der Waals surface area contributed by atoms with Crippen LogP contribution in [0.2, 0.25) is 0 Å². The largest absolute Gasteiger partial charge is 0.401 e. The molecule has 2 nitrogen and oxygen atoms in total. The van der Waals surface area contributed by atoms with Crippen molar-refractivity contribution in [2.75, 3.05) is 13.1 Å². The van der Waals surface area contributed by atoms with E-state index >= 15 is 0 Å². The normalized spacial score (nSPS) is 16.4. The molecule has 0 saturated heterocycles. The summed E-state index contributed by atoms with van der Waals surface area (Å²) in [6.07, 6.45) is -0.479. The van der Waals surface area contributed by atoms with Crippen LogP contribution >= 0.6 is 0 Å². The van der Waals surface area contributed by atoms with Crippen molar-refractivity contribution in [1.29, 1.82) is 0 Å². The SMILES string of the molecule is CCCCCC(C)(CN)NCC(F)(F)F. The lowest BCUT2D eigenvalue weighted by Crippen LogP contribution is -2.51. The van der Waals surface area contributed by atoms with Crippen molar-refractivity contribution in [1.82, 2.24) is 5.32 Å². The topological polar surface area (TPSA) is 38.0 Å². The van der Waals surface area contributed by atoms with E-state index in [1.807, 2.05) is 0 Å². The van der Waals surface area contributed by atoms with Crippen molar-refractivity contribution in [2.24, 2.45) is 5.73 Å². The van der Waals surface area contributed by atoms with Crippen molar-refractivity contribution in [2.45, 2.75) is 51.2 Å². The first-order valence-electron chi connectivity index (χ1n) is 5.35. The van der Waals surface area contributed by atoms with Crippen LogP contribution in [0, 0.1) is 0 Å². The van der Waals surface area contributed by atoms with E-state index in [0.29, 0.717) is 6.42 Å². The number of nitrogens with two attached hydrogens (primary N) is 1. The molecule has 0 heterocycles. The third-order valence-electron chi connectivity index (χ3n) is 2.50. The van der Waals surface area contributed by atoms with Crippen LogP contribution in [0.25, 0.3) is 0 Å². The molecule has 15 heavy (non-hydrogen) atoms. The van der Waals surface area contributed by atoms with Gasteiger partial charge in [0.15, 0.2) is 0 Å². The summed E-state index contributed by atoms with van der Waals surface area (Å²) in [6, 6.07) is 0. The molecular formula is C10H21F3N2. The second-order valence-electron chi connectivity index (χ2n) is 4.19. The van der Waals surface area contributed by atoms with Crippen molar-refractivity contribution in [3.05, 3.63) is 0 Å². The van der Waals surface area contributed by atoms with E-state index in [1.54, 1.807) is 6.92 Å². The van der Waals surface area contributed by atoms with E-state index in [1.165, 1.54) is 0 Å². The average molecular weight is 226 g/mol. The van der Waals surface area contributed by atoms with E-state index in [9.17, 15) is 13.2 Å². The third kappa shape index (κ3) is 7.62. The lowest BCUT2D eigenvalue weighted by Gasteiger charge is -2.30. The van der Waals surface area contributed by atoms with E-state index < -0.39 is 18.3 Å². The summed E-state index contributed by atoms with van der Waals surface area (Å²) in [5, 5.41) is 2.49. The van der Waals surface area contributed by atoms with Crippen molar-refractivity contribution >= 4 is 0 Å². The maximum atomic E-state index is 12.0. The van der Waals surface area contributed by atoms with Crippen LogP contribution in [0.4, 0.5) is 13.2 Å². The zero-order valence-electron chi connectivity index (χ0n) is 9.45. The molecule has 92 valence electrons. The average Bonchev–Trinajstić information content (AvgIpc) is 2.14. The summed E-state index contributed by atoms with van der Waals surface area (Å²) >= 11 is 0. The second-order valence-corrected chi connectivity index (χ2v) is 4.19. The predicted octanol–water partition coefficient (Wildman–Crippen LogP) is 2.44. The van der Waals surface area contributed by atoms with Gasteiger partial charge in [0.05, 0.1) is 6.54 Å². The fourth-order valence-corrected chi connectivity index (χ4v) is 1.34. The molecule has 0 fully saturated rings. The highest BCUT2D eigenvalue weighted by Gasteiger charge is 2.31. The summed E-state index contributed by atoms with van der Waals surface area (Å²) in [5.41, 5.74) is 4.90. The highest BCUT2D eigenvalue weighted by Crippen LogP contribution is 2.18. The summed E-state index contributed by atoms with van der Waals surface area (Å²) in [7, 11) is 0. The van der Waals surface area contributed by atoms with Crippen LogP contribution in [0.5, 0.6) is 0 Å². The molecule has 1 atom stereocenters. The Morgan fingerprint density at radius 1 is 1.20 bits per heavy atom. The van der Waals surface area contributed by atoms with Gasteiger partial charge in [-0.3, -0.25) is 0 Å². The Morgan fingerprint density at radius 2 is 1.80 bits per heavy atom. The van der Waals surface area contributed by atoms with Crippen LogP contribution in [-0.4, -0.2) is 24.8 Å². The number of rotatable bonds is 7. The molecule has 1 unspecified atom stereocenters. The monoisotopic (exact) mass is 226 g/mol. The Kier molecular flexibility index (Phi) is 6.20. The van der Waals surface area contributed by atoms with E-state index in [0.717, 1.165) is 19.3 Å². The zero-order chi connectivity index (χ0) is 11.9. The molecule has 0 aliphatic rings. The van der Waals surface area contributed by atoms with Gasteiger partial charge in [-0.1, -0.05) is 26.2 Å².